The van der Waals surface area contributed by atoms with Crippen molar-refractivity contribution in [2.45, 2.75) is 0 Å². The molecule has 0 amide bonds. The van der Waals surface area contributed by atoms with Crippen LogP contribution in [0.25, 0.3) is 0 Å². The third kappa shape index (κ3) is 5.84. The number of nitrogens with one attached hydrogen (secondary N) is 2. The molecule has 0 radical (unpaired) electrons. The molecule has 3 N–H and O–H groups in total. The summed E-state index contributed by atoms with van der Waals surface area (Å²) in [6.45, 7) is 0. The third-order valence-corrected chi connectivity index (χ3v) is 1.78. The van der Waals surface area contributed by atoms with Crippen LogP contribution >= 0.6 is 0 Å². The summed E-state index contributed by atoms with van der Waals surface area (Å²) in [5.41, 5.74) is 0.255. The minimum atomic E-state index is -0.924. The van der Waals surface area contributed by atoms with Gasteiger partial charge in [0.15, 0.2) is 0 Å². The third-order valence-electron chi connectivity index (χ3n) is 1.78. The second-order valence-corrected chi connectivity index (χ2v) is 3.06. The van der Waals surface area contributed by atoms with Gasteiger partial charge in [-0.25, -0.2) is 4.79 Å². The van der Waals surface area contributed by atoms with Crippen LogP contribution in [0.3, 0.4) is 0 Å². The highest BCUT2D eigenvalue weighted by Crippen LogP contribution is 1.97. The Kier molecular flexibility index (Phi) is 5.74. The average Bonchev–Trinajstić information content (AvgIpc) is 2.77. The molecular formula is C13H14N2O2. The molecule has 2 rings (SSSR count). The number of hydrogen-bond acceptors (Lipinski definition) is 3. The predicted molar refractivity (Wildman–Crippen MR) is 67.7 cm³/mol. The maximum Gasteiger partial charge on any atom is 0.337 e. The van der Waals surface area contributed by atoms with Gasteiger partial charge in [-0.2, -0.15) is 0 Å². The molecule has 0 spiro atoms. The Morgan fingerprint density at radius 1 is 0.882 bits per heavy atom. The normalized spacial score (nSPS) is 15.6. The molecular weight excluding hydrogens is 216 g/mol. The lowest BCUT2D eigenvalue weighted by Gasteiger charge is -1.90. The van der Waals surface area contributed by atoms with Crippen LogP contribution in [0.15, 0.2) is 72.9 Å². The zero-order valence-electron chi connectivity index (χ0n) is 9.21. The first-order valence-corrected chi connectivity index (χ1v) is 5.08. The molecule has 0 fully saturated rings. The molecule has 0 aliphatic carbocycles. The van der Waals surface area contributed by atoms with Crippen LogP contribution < -0.4 is 10.6 Å². The smallest absolute Gasteiger partial charge is 0.337 e. The van der Waals surface area contributed by atoms with Crippen molar-refractivity contribution in [3.05, 3.63) is 72.9 Å². The van der Waals surface area contributed by atoms with E-state index in [0.717, 1.165) is 0 Å². The van der Waals surface area contributed by atoms with E-state index < -0.39 is 5.97 Å². The minimum Gasteiger partial charge on any atom is -0.478 e. The number of aliphatic carboxylic acids is 1. The van der Waals surface area contributed by atoms with E-state index in [1.807, 2.05) is 36.7 Å². The Hall–Kier alpha value is -2.49. The van der Waals surface area contributed by atoms with Gasteiger partial charge >= 0.3 is 5.97 Å². The Morgan fingerprint density at radius 2 is 1.47 bits per heavy atom. The molecule has 2 aliphatic rings. The van der Waals surface area contributed by atoms with Gasteiger partial charge in [0.05, 0.1) is 5.57 Å². The van der Waals surface area contributed by atoms with Crippen molar-refractivity contribution in [1.82, 2.24) is 10.6 Å². The monoisotopic (exact) mass is 230 g/mol. The lowest BCUT2D eigenvalue weighted by Crippen LogP contribution is -2.01. The predicted octanol–water partition coefficient (Wildman–Crippen LogP) is 1.80. The van der Waals surface area contributed by atoms with Gasteiger partial charge in [0.1, 0.15) is 0 Å². The maximum absolute atomic E-state index is 10.3. The molecule has 4 nitrogen and oxygen atoms in total. The van der Waals surface area contributed by atoms with Crippen LogP contribution in [-0.4, -0.2) is 11.1 Å². The molecule has 0 unspecified atom stereocenters. The fraction of sp³-hybridized carbons (Fsp3) is 0. The lowest BCUT2D eigenvalue weighted by molar-refractivity contribution is -0.132. The summed E-state index contributed by atoms with van der Waals surface area (Å²) in [5.74, 6) is -0.924. The maximum atomic E-state index is 10.3. The fourth-order valence-corrected chi connectivity index (χ4v) is 0.995. The van der Waals surface area contributed by atoms with Crippen molar-refractivity contribution >= 4 is 5.97 Å². The Morgan fingerprint density at radius 3 is 2.12 bits per heavy atom. The largest absolute Gasteiger partial charge is 0.478 e. The molecule has 0 aromatic heterocycles. The van der Waals surface area contributed by atoms with Crippen molar-refractivity contribution in [2.75, 3.05) is 0 Å². The van der Waals surface area contributed by atoms with Crippen molar-refractivity contribution < 1.29 is 9.90 Å². The second kappa shape index (κ2) is 7.76. The highest BCUT2D eigenvalue weighted by Gasteiger charge is 2.01. The highest BCUT2D eigenvalue weighted by molar-refractivity contribution is 5.89. The van der Waals surface area contributed by atoms with Crippen LogP contribution in [0.1, 0.15) is 0 Å². The molecule has 4 heteroatoms. The Labute approximate surface area is 100 Å². The van der Waals surface area contributed by atoms with Gasteiger partial charge in [-0.05, 0) is 24.3 Å². The fourth-order valence-electron chi connectivity index (χ4n) is 0.995. The molecule has 0 saturated heterocycles. The van der Waals surface area contributed by atoms with Crippen molar-refractivity contribution in [3.8, 4) is 0 Å². The standard InChI is InChI=1S/C7H7NO2.C6H7N/c9-7(10)6-3-1-2-4-8-5-6;1-2-4-6-7-5-3-1/h1-5,8H,(H,9,10);1-7H. The number of rotatable bonds is 1. The molecule has 0 saturated carbocycles. The summed E-state index contributed by atoms with van der Waals surface area (Å²) >= 11 is 0. The second-order valence-electron chi connectivity index (χ2n) is 3.06. The van der Waals surface area contributed by atoms with E-state index in [0.29, 0.717) is 0 Å². The summed E-state index contributed by atoms with van der Waals surface area (Å²) in [6, 6.07) is 0. The Balaban J connectivity index is 0.000000181. The first-order chi connectivity index (χ1) is 8.30. The zero-order valence-corrected chi connectivity index (χ0v) is 9.21. The van der Waals surface area contributed by atoms with E-state index in [2.05, 4.69) is 10.6 Å². The van der Waals surface area contributed by atoms with E-state index in [1.165, 1.54) is 12.3 Å². The van der Waals surface area contributed by atoms with Gasteiger partial charge in [0.25, 0.3) is 0 Å². The van der Waals surface area contributed by atoms with Gasteiger partial charge in [0, 0.05) is 24.8 Å². The van der Waals surface area contributed by atoms with Gasteiger partial charge in [-0.15, -0.1) is 0 Å². The highest BCUT2D eigenvalue weighted by atomic mass is 16.4. The summed E-state index contributed by atoms with van der Waals surface area (Å²) in [5, 5.41) is 14.1. The van der Waals surface area contributed by atoms with Crippen LogP contribution in [0, 0.1) is 0 Å². The number of carbonyl (C=O) groups is 1. The van der Waals surface area contributed by atoms with E-state index in [1.54, 1.807) is 18.4 Å². The summed E-state index contributed by atoms with van der Waals surface area (Å²) in [7, 11) is 0. The lowest BCUT2D eigenvalue weighted by atomic mass is 10.3. The number of allylic oxidation sites excluding steroid dienone is 6. The van der Waals surface area contributed by atoms with E-state index in [9.17, 15) is 4.79 Å². The van der Waals surface area contributed by atoms with Crippen molar-refractivity contribution in [2.24, 2.45) is 0 Å². The van der Waals surface area contributed by atoms with Crippen LogP contribution in [-0.2, 0) is 4.79 Å². The van der Waals surface area contributed by atoms with E-state index >= 15 is 0 Å². The first-order valence-electron chi connectivity index (χ1n) is 5.08. The molecule has 2 heterocycles. The van der Waals surface area contributed by atoms with Crippen LogP contribution in [0.4, 0.5) is 0 Å². The van der Waals surface area contributed by atoms with Gasteiger partial charge in [-0.1, -0.05) is 18.2 Å². The van der Waals surface area contributed by atoms with Gasteiger partial charge in [-0.3, -0.25) is 0 Å². The zero-order chi connectivity index (χ0) is 12.3. The molecule has 88 valence electrons. The minimum absolute atomic E-state index is 0.255. The number of carboxylic acid groups (broad SMARTS) is 1. The average molecular weight is 230 g/mol. The topological polar surface area (TPSA) is 61.4 Å². The summed E-state index contributed by atoms with van der Waals surface area (Å²) in [6.07, 6.45) is 19.6. The SMILES string of the molecule is C1=CC=CNC=C1.O=C(O)C1=CNC=CC=C1. The van der Waals surface area contributed by atoms with Gasteiger partial charge in [0.2, 0.25) is 0 Å². The molecule has 17 heavy (non-hydrogen) atoms. The molecule has 2 aliphatic heterocycles. The molecule has 0 bridgehead atoms. The molecule has 0 aromatic carbocycles. The summed E-state index contributed by atoms with van der Waals surface area (Å²) < 4.78 is 0. The first kappa shape index (κ1) is 12.6. The van der Waals surface area contributed by atoms with Crippen molar-refractivity contribution in [1.29, 1.82) is 0 Å². The molecule has 0 atom stereocenters. The number of hydrogen-bond donors (Lipinski definition) is 3. The van der Waals surface area contributed by atoms with Crippen LogP contribution in [0.2, 0.25) is 0 Å². The van der Waals surface area contributed by atoms with Gasteiger partial charge < -0.3 is 15.7 Å². The number of carboxylic acids is 1. The molecule has 0 aromatic rings. The Bertz CT molecular complexity index is 413. The summed E-state index contributed by atoms with van der Waals surface area (Å²) in [4.78, 5) is 10.3. The van der Waals surface area contributed by atoms with Crippen molar-refractivity contribution in [3.63, 3.8) is 0 Å². The van der Waals surface area contributed by atoms with E-state index in [-0.39, 0.29) is 5.57 Å². The van der Waals surface area contributed by atoms with Crippen LogP contribution in [0.5, 0.6) is 0 Å². The quantitative estimate of drug-likeness (QED) is 0.643. The van der Waals surface area contributed by atoms with E-state index in [4.69, 9.17) is 5.11 Å².